The minimum Gasteiger partial charge on any atom is -0.449 e. The lowest BCUT2D eigenvalue weighted by molar-refractivity contribution is -0.123. The second-order valence-electron chi connectivity index (χ2n) is 6.52. The number of benzene rings is 2. The predicted octanol–water partition coefficient (Wildman–Crippen LogP) is 3.86. The quantitative estimate of drug-likeness (QED) is 0.394. The number of halogens is 2. The first kappa shape index (κ1) is 23.2. The lowest BCUT2D eigenvalue weighted by atomic mass is 10.2. The van der Waals surface area contributed by atoms with Gasteiger partial charge in [-0.25, -0.2) is 22.6 Å². The Labute approximate surface area is 188 Å². The molecule has 0 saturated carbocycles. The second-order valence-corrected chi connectivity index (χ2v) is 8.56. The minimum atomic E-state index is -4.05. The highest BCUT2D eigenvalue weighted by atomic mass is 35.5. The fourth-order valence-corrected chi connectivity index (χ4v) is 3.79. The normalized spacial score (nSPS) is 12.0. The summed E-state index contributed by atoms with van der Waals surface area (Å²) in [5.41, 5.74) is 0.326. The predicted molar refractivity (Wildman–Crippen MR) is 116 cm³/mol. The van der Waals surface area contributed by atoms with E-state index in [0.29, 0.717) is 0 Å². The number of esters is 1. The monoisotopic (exact) mass is 477 g/mol. The van der Waals surface area contributed by atoms with Crippen LogP contribution in [0.15, 0.2) is 71.8 Å². The average molecular weight is 478 g/mol. The summed E-state index contributed by atoms with van der Waals surface area (Å²) in [6.07, 6.45) is 0.254. The van der Waals surface area contributed by atoms with Crippen molar-refractivity contribution in [3.63, 3.8) is 0 Å². The fourth-order valence-electron chi connectivity index (χ4n) is 2.52. The van der Waals surface area contributed by atoms with E-state index < -0.39 is 33.8 Å². The Hall–Kier alpha value is -3.50. The van der Waals surface area contributed by atoms with Gasteiger partial charge in [-0.05, 0) is 61.5 Å². The van der Waals surface area contributed by atoms with E-state index in [1.807, 2.05) is 0 Å². The van der Waals surface area contributed by atoms with E-state index in [2.05, 4.69) is 15.0 Å². The van der Waals surface area contributed by atoms with Crippen LogP contribution < -0.4 is 10.0 Å². The summed E-state index contributed by atoms with van der Waals surface area (Å²) in [4.78, 5) is 28.3. The van der Waals surface area contributed by atoms with Gasteiger partial charge in [0.25, 0.3) is 15.9 Å². The molecule has 0 aliphatic rings. The van der Waals surface area contributed by atoms with E-state index in [1.165, 1.54) is 49.5 Å². The topological polar surface area (TPSA) is 114 Å². The molecule has 1 amide bonds. The minimum absolute atomic E-state index is 0.0749. The lowest BCUT2D eigenvalue weighted by Gasteiger charge is -2.14. The van der Waals surface area contributed by atoms with Crippen LogP contribution in [0, 0.1) is 5.82 Å². The molecule has 2 N–H and O–H groups in total. The Morgan fingerprint density at radius 2 is 1.81 bits per heavy atom. The van der Waals surface area contributed by atoms with Crippen LogP contribution in [0.25, 0.3) is 0 Å². The first-order valence-corrected chi connectivity index (χ1v) is 11.0. The number of aromatic nitrogens is 1. The number of ether oxygens (including phenoxy) is 1. The molecule has 0 saturated heterocycles. The number of nitrogens with one attached hydrogen (secondary N) is 2. The van der Waals surface area contributed by atoms with Crippen molar-refractivity contribution in [2.45, 2.75) is 17.9 Å². The molecule has 8 nitrogen and oxygen atoms in total. The van der Waals surface area contributed by atoms with Gasteiger partial charge in [0.2, 0.25) is 0 Å². The summed E-state index contributed by atoms with van der Waals surface area (Å²) in [5.74, 6) is -2.06. The molecule has 3 aromatic rings. The van der Waals surface area contributed by atoms with Gasteiger partial charge in [0.05, 0.1) is 16.1 Å². The molecular weight excluding hydrogens is 461 g/mol. The van der Waals surface area contributed by atoms with Gasteiger partial charge in [-0.2, -0.15) is 0 Å². The van der Waals surface area contributed by atoms with Gasteiger partial charge >= 0.3 is 5.97 Å². The zero-order valence-corrected chi connectivity index (χ0v) is 18.2. The van der Waals surface area contributed by atoms with Gasteiger partial charge < -0.3 is 10.1 Å². The van der Waals surface area contributed by atoms with Crippen LogP contribution in [0.1, 0.15) is 17.3 Å². The number of pyridine rings is 1. The van der Waals surface area contributed by atoms with Crippen molar-refractivity contribution < 1.29 is 27.1 Å². The average Bonchev–Trinajstić information content (AvgIpc) is 2.76. The van der Waals surface area contributed by atoms with Crippen LogP contribution in [-0.4, -0.2) is 31.4 Å². The van der Waals surface area contributed by atoms with E-state index in [-0.39, 0.29) is 27.0 Å². The Balaban J connectivity index is 1.69. The van der Waals surface area contributed by atoms with E-state index in [4.69, 9.17) is 16.3 Å². The van der Waals surface area contributed by atoms with Crippen LogP contribution in [0.3, 0.4) is 0 Å². The molecule has 0 radical (unpaired) electrons. The lowest BCUT2D eigenvalue weighted by Crippen LogP contribution is -2.30. The van der Waals surface area contributed by atoms with Crippen molar-refractivity contribution in [1.29, 1.82) is 0 Å². The van der Waals surface area contributed by atoms with Gasteiger partial charge in [-0.3, -0.25) is 9.52 Å². The Morgan fingerprint density at radius 1 is 1.09 bits per heavy atom. The van der Waals surface area contributed by atoms with Gasteiger partial charge in [0, 0.05) is 11.9 Å². The number of hydrogen-bond donors (Lipinski definition) is 2. The molecule has 1 unspecified atom stereocenters. The molecule has 166 valence electrons. The Morgan fingerprint density at radius 3 is 2.50 bits per heavy atom. The Kier molecular flexibility index (Phi) is 7.06. The van der Waals surface area contributed by atoms with E-state index in [0.717, 1.165) is 18.2 Å². The van der Waals surface area contributed by atoms with Crippen molar-refractivity contribution in [2.75, 3.05) is 10.0 Å². The van der Waals surface area contributed by atoms with Gasteiger partial charge in [0.15, 0.2) is 11.3 Å². The van der Waals surface area contributed by atoms with Gasteiger partial charge in [-0.15, -0.1) is 0 Å². The van der Waals surface area contributed by atoms with Gasteiger partial charge in [0.1, 0.15) is 5.82 Å². The van der Waals surface area contributed by atoms with Crippen molar-refractivity contribution in [3.8, 4) is 0 Å². The molecule has 0 aliphatic heterocycles. The zero-order chi connectivity index (χ0) is 23.3. The third-order valence-corrected chi connectivity index (χ3v) is 5.83. The third kappa shape index (κ3) is 5.80. The van der Waals surface area contributed by atoms with E-state index >= 15 is 0 Å². The molecule has 0 bridgehead atoms. The van der Waals surface area contributed by atoms with Crippen molar-refractivity contribution in [1.82, 2.24) is 4.98 Å². The summed E-state index contributed by atoms with van der Waals surface area (Å²) in [6, 6.07) is 12.9. The maximum absolute atomic E-state index is 13.0. The van der Waals surface area contributed by atoms with Crippen LogP contribution in [0.5, 0.6) is 0 Å². The third-order valence-electron chi connectivity index (χ3n) is 4.15. The second kappa shape index (κ2) is 9.75. The molecule has 0 spiro atoms. The number of carbonyl (C=O) groups excluding carboxylic acids is 2. The molecule has 1 heterocycles. The van der Waals surface area contributed by atoms with Crippen molar-refractivity contribution in [2.24, 2.45) is 0 Å². The van der Waals surface area contributed by atoms with Crippen molar-refractivity contribution in [3.05, 3.63) is 83.4 Å². The molecule has 32 heavy (non-hydrogen) atoms. The standard InChI is InChI=1S/C21H17ClFN3O5S/c1-13(20(27)25-18-6-3-11-24-19(18)22)31-21(28)14-4-2-5-17(12-14)32(29,30)26-16-9-7-15(23)8-10-16/h2-13,26H,1H3,(H,25,27). The van der Waals surface area contributed by atoms with Crippen LogP contribution in [0.4, 0.5) is 15.8 Å². The molecule has 3 rings (SSSR count). The van der Waals surface area contributed by atoms with Crippen LogP contribution in [-0.2, 0) is 19.6 Å². The smallest absolute Gasteiger partial charge is 0.338 e. The molecule has 1 atom stereocenters. The molecule has 2 aromatic carbocycles. The number of carbonyl (C=O) groups is 2. The highest BCUT2D eigenvalue weighted by molar-refractivity contribution is 7.92. The first-order chi connectivity index (χ1) is 15.2. The maximum atomic E-state index is 13.0. The van der Waals surface area contributed by atoms with E-state index in [1.54, 1.807) is 6.07 Å². The number of hydrogen-bond acceptors (Lipinski definition) is 6. The summed E-state index contributed by atoms with van der Waals surface area (Å²) >= 11 is 5.89. The highest BCUT2D eigenvalue weighted by Gasteiger charge is 2.22. The SMILES string of the molecule is CC(OC(=O)c1cccc(S(=O)(=O)Nc2ccc(F)cc2)c1)C(=O)Nc1cccnc1Cl. The van der Waals surface area contributed by atoms with E-state index in [9.17, 15) is 22.4 Å². The molecule has 11 heteroatoms. The summed E-state index contributed by atoms with van der Waals surface area (Å²) in [6.45, 7) is 1.36. The number of sulfonamides is 1. The van der Waals surface area contributed by atoms with Crippen LogP contribution >= 0.6 is 11.6 Å². The number of rotatable bonds is 7. The number of anilines is 2. The number of nitrogens with zero attached hydrogens (tertiary/aromatic N) is 1. The van der Waals surface area contributed by atoms with Crippen LogP contribution in [0.2, 0.25) is 5.15 Å². The Bertz CT molecular complexity index is 1250. The zero-order valence-electron chi connectivity index (χ0n) is 16.6. The highest BCUT2D eigenvalue weighted by Crippen LogP contribution is 2.20. The summed E-state index contributed by atoms with van der Waals surface area (Å²) < 4.78 is 45.6. The number of amides is 1. The summed E-state index contributed by atoms with van der Waals surface area (Å²) in [7, 11) is -4.05. The molecule has 1 aromatic heterocycles. The molecule has 0 aliphatic carbocycles. The first-order valence-electron chi connectivity index (χ1n) is 9.16. The maximum Gasteiger partial charge on any atom is 0.338 e. The van der Waals surface area contributed by atoms with Crippen molar-refractivity contribution >= 4 is 44.9 Å². The summed E-state index contributed by atoms with van der Waals surface area (Å²) in [5, 5.41) is 2.57. The van der Waals surface area contributed by atoms with Gasteiger partial charge in [-0.1, -0.05) is 17.7 Å². The molecular formula is C21H17ClFN3O5S. The largest absolute Gasteiger partial charge is 0.449 e. The fraction of sp³-hybridized carbons (Fsp3) is 0.0952. The molecule has 0 fully saturated rings.